The van der Waals surface area contributed by atoms with Crippen molar-refractivity contribution in [1.29, 1.82) is 0 Å². The quantitative estimate of drug-likeness (QED) is 0.836. The molecule has 1 amide bonds. The Morgan fingerprint density at radius 3 is 2.71 bits per heavy atom. The van der Waals surface area contributed by atoms with Crippen molar-refractivity contribution in [3.63, 3.8) is 0 Å². The van der Waals surface area contributed by atoms with Gasteiger partial charge in [0.15, 0.2) is 0 Å². The molecule has 0 bridgehead atoms. The molecule has 0 aliphatic carbocycles. The van der Waals surface area contributed by atoms with Crippen LogP contribution in [-0.4, -0.2) is 34.9 Å². The summed E-state index contributed by atoms with van der Waals surface area (Å²) < 4.78 is 12.8. The van der Waals surface area contributed by atoms with Crippen LogP contribution in [0.3, 0.4) is 0 Å². The molecule has 0 aliphatic heterocycles. The van der Waals surface area contributed by atoms with Crippen LogP contribution in [0.25, 0.3) is 0 Å². The Morgan fingerprint density at radius 2 is 2.12 bits per heavy atom. The summed E-state index contributed by atoms with van der Waals surface area (Å²) in [5.74, 6) is 0.604. The molecule has 0 fully saturated rings. The molecule has 0 heterocycles. The van der Waals surface area contributed by atoms with E-state index >= 15 is 0 Å². The zero-order chi connectivity index (χ0) is 12.8. The first-order valence-corrected chi connectivity index (χ1v) is 7.46. The Bertz CT molecular complexity index is 421. The molecule has 1 atom stereocenters. The monoisotopic (exact) mass is 317 g/mol. The lowest BCUT2D eigenvalue weighted by molar-refractivity contribution is -0.128. The predicted molar refractivity (Wildman–Crippen MR) is 73.3 cm³/mol. The number of hydrogen-bond donors (Lipinski definition) is 0. The number of hydrogen-bond acceptors (Lipinski definition) is 2. The topological polar surface area (TPSA) is 37.4 Å². The number of nitrogens with zero attached hydrogens (tertiary/aromatic N) is 1. The lowest BCUT2D eigenvalue weighted by Crippen LogP contribution is -2.21. The fraction of sp³-hybridized carbons (Fsp3) is 0.417. The highest BCUT2D eigenvalue weighted by Crippen LogP contribution is 2.15. The van der Waals surface area contributed by atoms with E-state index in [4.69, 9.17) is 0 Å². The van der Waals surface area contributed by atoms with Crippen LogP contribution in [0.15, 0.2) is 33.6 Å². The molecule has 0 saturated carbocycles. The Kier molecular flexibility index (Phi) is 5.85. The molecule has 1 rings (SSSR count). The maximum absolute atomic E-state index is 11.9. The fourth-order valence-electron chi connectivity index (χ4n) is 1.30. The zero-order valence-corrected chi connectivity index (χ0v) is 12.4. The van der Waals surface area contributed by atoms with Crippen molar-refractivity contribution in [3.05, 3.63) is 28.7 Å². The van der Waals surface area contributed by atoms with Gasteiger partial charge >= 0.3 is 0 Å². The third kappa shape index (κ3) is 5.00. The minimum absolute atomic E-state index is 0.0799. The van der Waals surface area contributed by atoms with Gasteiger partial charge in [0, 0.05) is 35.6 Å². The SMILES string of the molecule is CN(C)C(=O)CCCS(=O)c1cccc(Br)c1. The van der Waals surface area contributed by atoms with Crippen LogP contribution < -0.4 is 0 Å². The lowest BCUT2D eigenvalue weighted by Gasteiger charge is -2.09. The van der Waals surface area contributed by atoms with Crippen LogP contribution in [0, 0.1) is 0 Å². The Hall–Kier alpha value is -0.680. The summed E-state index contributed by atoms with van der Waals surface area (Å²) in [6.07, 6.45) is 1.10. The fourth-order valence-corrected chi connectivity index (χ4v) is 2.99. The maximum atomic E-state index is 11.9. The molecule has 3 nitrogen and oxygen atoms in total. The maximum Gasteiger partial charge on any atom is 0.222 e. The Balaban J connectivity index is 2.43. The normalized spacial score (nSPS) is 12.2. The van der Waals surface area contributed by atoms with Gasteiger partial charge in [-0.1, -0.05) is 22.0 Å². The van der Waals surface area contributed by atoms with E-state index in [0.717, 1.165) is 9.37 Å². The van der Waals surface area contributed by atoms with E-state index in [0.29, 0.717) is 18.6 Å². The highest BCUT2D eigenvalue weighted by Gasteiger charge is 2.07. The predicted octanol–water partition coefficient (Wildman–Crippen LogP) is 2.43. The van der Waals surface area contributed by atoms with Crippen molar-refractivity contribution in [2.24, 2.45) is 0 Å². The van der Waals surface area contributed by atoms with Gasteiger partial charge in [-0.05, 0) is 24.6 Å². The summed E-state index contributed by atoms with van der Waals surface area (Å²) in [6, 6.07) is 7.46. The van der Waals surface area contributed by atoms with E-state index in [2.05, 4.69) is 15.9 Å². The second-order valence-electron chi connectivity index (χ2n) is 3.90. The summed E-state index contributed by atoms with van der Waals surface area (Å²) in [4.78, 5) is 13.7. The van der Waals surface area contributed by atoms with Crippen LogP contribution in [0.1, 0.15) is 12.8 Å². The van der Waals surface area contributed by atoms with E-state index in [1.54, 1.807) is 19.0 Å². The molecule has 0 aromatic heterocycles. The summed E-state index contributed by atoms with van der Waals surface area (Å²) in [6.45, 7) is 0. The minimum atomic E-state index is -1.02. The van der Waals surface area contributed by atoms with Crippen LogP contribution in [0.5, 0.6) is 0 Å². The van der Waals surface area contributed by atoms with Gasteiger partial charge in [-0.15, -0.1) is 0 Å². The van der Waals surface area contributed by atoms with E-state index in [1.807, 2.05) is 24.3 Å². The van der Waals surface area contributed by atoms with Crippen molar-refractivity contribution >= 4 is 32.6 Å². The molecule has 1 unspecified atom stereocenters. The smallest absolute Gasteiger partial charge is 0.222 e. The van der Waals surface area contributed by atoms with E-state index in [9.17, 15) is 9.00 Å². The van der Waals surface area contributed by atoms with Gasteiger partial charge in [-0.25, -0.2) is 0 Å². The average Bonchev–Trinajstić information content (AvgIpc) is 2.28. The van der Waals surface area contributed by atoms with Crippen molar-refractivity contribution in [3.8, 4) is 0 Å². The number of carbonyl (C=O) groups excluding carboxylic acids is 1. The molecule has 1 aromatic rings. The molecule has 5 heteroatoms. The first-order valence-electron chi connectivity index (χ1n) is 5.35. The Morgan fingerprint density at radius 1 is 1.41 bits per heavy atom. The largest absolute Gasteiger partial charge is 0.349 e. The molecular weight excluding hydrogens is 302 g/mol. The zero-order valence-electron chi connectivity index (χ0n) is 9.98. The first kappa shape index (κ1) is 14.4. The van der Waals surface area contributed by atoms with Crippen LogP contribution in [-0.2, 0) is 15.6 Å². The van der Waals surface area contributed by atoms with Crippen molar-refractivity contribution in [1.82, 2.24) is 4.90 Å². The molecular formula is C12H16BrNO2S. The summed E-state index contributed by atoms with van der Waals surface area (Å²) in [7, 11) is 2.44. The van der Waals surface area contributed by atoms with Gasteiger partial charge in [0.2, 0.25) is 5.91 Å². The molecule has 0 aliphatic rings. The molecule has 17 heavy (non-hydrogen) atoms. The van der Waals surface area contributed by atoms with E-state index < -0.39 is 10.8 Å². The third-order valence-electron chi connectivity index (χ3n) is 2.28. The number of amides is 1. The van der Waals surface area contributed by atoms with E-state index in [-0.39, 0.29) is 5.91 Å². The molecule has 0 radical (unpaired) electrons. The summed E-state index contributed by atoms with van der Waals surface area (Å²) in [5, 5.41) is 0. The first-order chi connectivity index (χ1) is 8.00. The number of halogens is 1. The van der Waals surface area contributed by atoms with Crippen LogP contribution >= 0.6 is 15.9 Å². The lowest BCUT2D eigenvalue weighted by atomic mass is 10.3. The van der Waals surface area contributed by atoms with Crippen molar-refractivity contribution in [2.45, 2.75) is 17.7 Å². The highest BCUT2D eigenvalue weighted by molar-refractivity contribution is 9.10. The van der Waals surface area contributed by atoms with Crippen LogP contribution in [0.4, 0.5) is 0 Å². The average molecular weight is 318 g/mol. The highest BCUT2D eigenvalue weighted by atomic mass is 79.9. The van der Waals surface area contributed by atoms with Gasteiger partial charge in [0.25, 0.3) is 0 Å². The second-order valence-corrected chi connectivity index (χ2v) is 6.39. The second kappa shape index (κ2) is 6.91. The van der Waals surface area contributed by atoms with E-state index in [1.165, 1.54) is 0 Å². The standard InChI is InChI=1S/C12H16BrNO2S/c1-14(2)12(15)7-4-8-17(16)11-6-3-5-10(13)9-11/h3,5-6,9H,4,7-8H2,1-2H3. The minimum Gasteiger partial charge on any atom is -0.349 e. The van der Waals surface area contributed by atoms with Gasteiger partial charge in [0.1, 0.15) is 0 Å². The molecule has 1 aromatic carbocycles. The van der Waals surface area contributed by atoms with Gasteiger partial charge in [0.05, 0.1) is 10.8 Å². The summed E-state index contributed by atoms with van der Waals surface area (Å²) >= 11 is 3.35. The number of benzene rings is 1. The van der Waals surface area contributed by atoms with Crippen molar-refractivity contribution in [2.75, 3.05) is 19.8 Å². The molecule has 0 saturated heterocycles. The van der Waals surface area contributed by atoms with Crippen molar-refractivity contribution < 1.29 is 9.00 Å². The summed E-state index contributed by atoms with van der Waals surface area (Å²) in [5.41, 5.74) is 0. The molecule has 0 spiro atoms. The molecule has 0 N–H and O–H groups in total. The molecule has 94 valence electrons. The number of rotatable bonds is 5. The Labute approximate surface area is 113 Å². The van der Waals surface area contributed by atoms with Crippen LogP contribution in [0.2, 0.25) is 0 Å². The van der Waals surface area contributed by atoms with Gasteiger partial charge < -0.3 is 4.90 Å². The van der Waals surface area contributed by atoms with Gasteiger partial charge in [-0.3, -0.25) is 9.00 Å². The third-order valence-corrected chi connectivity index (χ3v) is 4.21. The number of carbonyl (C=O) groups is 1. The van der Waals surface area contributed by atoms with Gasteiger partial charge in [-0.2, -0.15) is 0 Å².